The van der Waals surface area contributed by atoms with Gasteiger partial charge in [-0.2, -0.15) is 0 Å². The van der Waals surface area contributed by atoms with Crippen LogP contribution in [0, 0.1) is 5.92 Å². The van der Waals surface area contributed by atoms with Crippen LogP contribution in [-0.2, 0) is 4.79 Å². The van der Waals surface area contributed by atoms with Gasteiger partial charge in [0.2, 0.25) is 0 Å². The molecule has 2 atom stereocenters. The molecule has 120 valence electrons. The smallest absolute Gasteiger partial charge is 0.306 e. The molecule has 0 saturated heterocycles. The van der Waals surface area contributed by atoms with Gasteiger partial charge in [0.15, 0.2) is 0 Å². The summed E-state index contributed by atoms with van der Waals surface area (Å²) in [5, 5.41) is 11.9. The molecule has 6 heteroatoms. The van der Waals surface area contributed by atoms with E-state index < -0.39 is 5.97 Å². The van der Waals surface area contributed by atoms with Gasteiger partial charge in [-0.3, -0.25) is 9.59 Å². The van der Waals surface area contributed by atoms with Gasteiger partial charge in [0.1, 0.15) is 5.75 Å². The fourth-order valence-corrected chi connectivity index (χ4v) is 2.98. The van der Waals surface area contributed by atoms with Crippen LogP contribution >= 0.6 is 15.9 Å². The molecule has 0 aliphatic heterocycles. The first kappa shape index (κ1) is 16.8. The Morgan fingerprint density at radius 2 is 2.09 bits per heavy atom. The number of carbonyl (C=O) groups is 2. The minimum absolute atomic E-state index is 0.0382. The van der Waals surface area contributed by atoms with Crippen molar-refractivity contribution in [1.29, 1.82) is 0 Å². The Kier molecular flexibility index (Phi) is 5.45. The summed E-state index contributed by atoms with van der Waals surface area (Å²) in [5.74, 6) is -0.848. The summed E-state index contributed by atoms with van der Waals surface area (Å²) in [7, 11) is 0. The predicted octanol–water partition coefficient (Wildman–Crippen LogP) is 3.22. The van der Waals surface area contributed by atoms with Crippen molar-refractivity contribution in [3.05, 3.63) is 28.2 Å². The van der Waals surface area contributed by atoms with Crippen molar-refractivity contribution in [2.75, 3.05) is 0 Å². The van der Waals surface area contributed by atoms with Gasteiger partial charge in [-0.1, -0.05) is 15.9 Å². The number of hydrogen-bond donors (Lipinski definition) is 2. The van der Waals surface area contributed by atoms with E-state index in [4.69, 9.17) is 9.84 Å². The molecule has 1 aromatic carbocycles. The Morgan fingerprint density at radius 1 is 1.36 bits per heavy atom. The van der Waals surface area contributed by atoms with E-state index in [-0.39, 0.29) is 24.0 Å². The Morgan fingerprint density at radius 3 is 2.68 bits per heavy atom. The number of nitrogens with one attached hydrogen (secondary N) is 1. The minimum atomic E-state index is -0.788. The summed E-state index contributed by atoms with van der Waals surface area (Å²) in [6, 6.07) is 5.17. The topological polar surface area (TPSA) is 75.6 Å². The summed E-state index contributed by atoms with van der Waals surface area (Å²) in [6.45, 7) is 3.80. The lowest BCUT2D eigenvalue weighted by molar-refractivity contribution is -0.141. The van der Waals surface area contributed by atoms with E-state index in [9.17, 15) is 9.59 Å². The first-order valence-corrected chi connectivity index (χ1v) is 8.16. The van der Waals surface area contributed by atoms with Gasteiger partial charge in [0, 0.05) is 10.5 Å². The van der Waals surface area contributed by atoms with Crippen molar-refractivity contribution in [3.8, 4) is 5.75 Å². The third-order valence-corrected chi connectivity index (χ3v) is 4.16. The number of halogens is 1. The fraction of sp³-hybridized carbons (Fsp3) is 0.500. The summed E-state index contributed by atoms with van der Waals surface area (Å²) in [4.78, 5) is 23.4. The van der Waals surface area contributed by atoms with E-state index in [0.717, 1.165) is 4.47 Å². The van der Waals surface area contributed by atoms with Gasteiger partial charge in [0.05, 0.1) is 17.6 Å². The Labute approximate surface area is 138 Å². The number of aliphatic carboxylic acids is 1. The van der Waals surface area contributed by atoms with E-state index in [1.807, 2.05) is 13.8 Å². The molecule has 1 amide bonds. The molecule has 0 unspecified atom stereocenters. The zero-order valence-electron chi connectivity index (χ0n) is 12.6. The highest BCUT2D eigenvalue weighted by molar-refractivity contribution is 9.10. The first-order chi connectivity index (χ1) is 10.4. The standard InChI is InChI=1S/C16H20BrNO4/c1-9(2)22-14-8-11(17)4-6-13(14)15(19)18-12-5-3-10(7-12)16(20)21/h4,6,8-10,12H,3,5,7H2,1-2H3,(H,18,19)(H,20,21)/t10-,12+/m0/s1. The van der Waals surface area contributed by atoms with Crippen molar-refractivity contribution in [1.82, 2.24) is 5.32 Å². The van der Waals surface area contributed by atoms with Crippen molar-refractivity contribution in [2.24, 2.45) is 5.92 Å². The molecular weight excluding hydrogens is 350 g/mol. The predicted molar refractivity (Wildman–Crippen MR) is 86.1 cm³/mol. The second-order valence-electron chi connectivity index (χ2n) is 5.83. The van der Waals surface area contributed by atoms with Crippen LogP contribution < -0.4 is 10.1 Å². The van der Waals surface area contributed by atoms with Gasteiger partial charge in [-0.05, 0) is 51.3 Å². The average Bonchev–Trinajstić information content (AvgIpc) is 2.86. The van der Waals surface area contributed by atoms with Gasteiger partial charge in [0.25, 0.3) is 5.91 Å². The molecule has 0 spiro atoms. The molecule has 1 fully saturated rings. The van der Waals surface area contributed by atoms with Crippen LogP contribution in [0.5, 0.6) is 5.75 Å². The number of carboxylic acids is 1. The van der Waals surface area contributed by atoms with Crippen LogP contribution in [0.1, 0.15) is 43.5 Å². The van der Waals surface area contributed by atoms with Gasteiger partial charge in [-0.15, -0.1) is 0 Å². The van der Waals surface area contributed by atoms with Gasteiger partial charge in [-0.25, -0.2) is 0 Å². The van der Waals surface area contributed by atoms with E-state index in [1.165, 1.54) is 0 Å². The van der Waals surface area contributed by atoms with Crippen molar-refractivity contribution < 1.29 is 19.4 Å². The molecule has 0 heterocycles. The summed E-state index contributed by atoms with van der Waals surface area (Å²) in [6.07, 6.45) is 1.75. The Balaban J connectivity index is 2.08. The molecule has 2 N–H and O–H groups in total. The second-order valence-corrected chi connectivity index (χ2v) is 6.74. The number of hydrogen-bond acceptors (Lipinski definition) is 3. The molecule has 1 aromatic rings. The van der Waals surface area contributed by atoms with E-state index in [2.05, 4.69) is 21.2 Å². The zero-order valence-corrected chi connectivity index (χ0v) is 14.2. The van der Waals surface area contributed by atoms with Crippen LogP contribution in [0.25, 0.3) is 0 Å². The maximum atomic E-state index is 12.4. The highest BCUT2D eigenvalue weighted by Crippen LogP contribution is 2.28. The van der Waals surface area contributed by atoms with Crippen molar-refractivity contribution in [2.45, 2.75) is 45.3 Å². The summed E-state index contributed by atoms with van der Waals surface area (Å²) < 4.78 is 6.53. The zero-order chi connectivity index (χ0) is 16.3. The normalized spacial score (nSPS) is 20.9. The number of rotatable bonds is 5. The fourth-order valence-electron chi connectivity index (χ4n) is 2.64. The molecule has 1 aliphatic carbocycles. The third kappa shape index (κ3) is 4.22. The van der Waals surface area contributed by atoms with Gasteiger partial charge >= 0.3 is 5.97 Å². The third-order valence-electron chi connectivity index (χ3n) is 3.67. The highest BCUT2D eigenvalue weighted by Gasteiger charge is 2.31. The highest BCUT2D eigenvalue weighted by atomic mass is 79.9. The molecule has 0 radical (unpaired) electrons. The van der Waals surface area contributed by atoms with Crippen LogP contribution in [0.3, 0.4) is 0 Å². The lowest BCUT2D eigenvalue weighted by Crippen LogP contribution is -2.33. The van der Waals surface area contributed by atoms with Crippen LogP contribution in [0.2, 0.25) is 0 Å². The van der Waals surface area contributed by atoms with Gasteiger partial charge < -0.3 is 15.2 Å². The van der Waals surface area contributed by atoms with Crippen LogP contribution in [0.15, 0.2) is 22.7 Å². The monoisotopic (exact) mass is 369 g/mol. The molecule has 2 rings (SSSR count). The molecule has 1 aliphatic rings. The quantitative estimate of drug-likeness (QED) is 0.835. The van der Waals surface area contributed by atoms with E-state index in [1.54, 1.807) is 18.2 Å². The van der Waals surface area contributed by atoms with Crippen molar-refractivity contribution >= 4 is 27.8 Å². The lowest BCUT2D eigenvalue weighted by atomic mass is 10.1. The molecule has 5 nitrogen and oxygen atoms in total. The lowest BCUT2D eigenvalue weighted by Gasteiger charge is -2.17. The molecular formula is C16H20BrNO4. The maximum absolute atomic E-state index is 12.4. The number of amides is 1. The first-order valence-electron chi connectivity index (χ1n) is 7.36. The molecule has 0 aromatic heterocycles. The average molecular weight is 370 g/mol. The van der Waals surface area contributed by atoms with Crippen LogP contribution in [0.4, 0.5) is 0 Å². The molecule has 22 heavy (non-hydrogen) atoms. The Hall–Kier alpha value is -1.56. The minimum Gasteiger partial charge on any atom is -0.490 e. The number of carbonyl (C=O) groups excluding carboxylic acids is 1. The summed E-state index contributed by atoms with van der Waals surface area (Å²) >= 11 is 3.37. The number of benzene rings is 1. The SMILES string of the molecule is CC(C)Oc1cc(Br)ccc1C(=O)N[C@@H]1CC[C@H](C(=O)O)C1. The summed E-state index contributed by atoms with van der Waals surface area (Å²) in [5.41, 5.74) is 0.468. The largest absolute Gasteiger partial charge is 0.490 e. The Bertz CT molecular complexity index is 573. The molecule has 1 saturated carbocycles. The second kappa shape index (κ2) is 7.13. The van der Waals surface area contributed by atoms with E-state index >= 15 is 0 Å². The van der Waals surface area contributed by atoms with E-state index in [0.29, 0.717) is 30.6 Å². The van der Waals surface area contributed by atoms with Crippen LogP contribution in [-0.4, -0.2) is 29.1 Å². The molecule has 0 bridgehead atoms. The number of carboxylic acid groups (broad SMARTS) is 1. The van der Waals surface area contributed by atoms with Crippen molar-refractivity contribution in [3.63, 3.8) is 0 Å². The number of ether oxygens (including phenoxy) is 1. The maximum Gasteiger partial charge on any atom is 0.306 e.